The lowest BCUT2D eigenvalue weighted by Crippen LogP contribution is -2.24. The Bertz CT molecular complexity index is 1270. The van der Waals surface area contributed by atoms with Gasteiger partial charge in [0.05, 0.1) is 23.8 Å². The summed E-state index contributed by atoms with van der Waals surface area (Å²) in [5, 5.41) is 0.475. The molecule has 2 heterocycles. The molecule has 2 aromatic heterocycles. The minimum Gasteiger partial charge on any atom is -0.318 e. The number of para-hydroxylation sites is 1. The molecule has 4 aromatic rings. The van der Waals surface area contributed by atoms with E-state index in [1.165, 1.54) is 23.0 Å². The maximum absolute atomic E-state index is 13.6. The number of carbonyl (C=O) groups is 1. The zero-order valence-corrected chi connectivity index (χ0v) is 15.5. The average Bonchev–Trinajstić information content (AvgIpc) is 2.98. The molecule has 0 radical (unpaired) electrons. The van der Waals surface area contributed by atoms with Crippen molar-refractivity contribution < 1.29 is 9.18 Å². The van der Waals surface area contributed by atoms with Crippen LogP contribution in [0, 0.1) is 19.7 Å². The van der Waals surface area contributed by atoms with Crippen LogP contribution >= 0.6 is 0 Å². The average molecular weight is 375 g/mol. The van der Waals surface area contributed by atoms with Crippen molar-refractivity contribution in [3.8, 4) is 5.69 Å². The highest BCUT2D eigenvalue weighted by Gasteiger charge is 2.18. The minimum atomic E-state index is -0.341. The van der Waals surface area contributed by atoms with Crippen LogP contribution in [0.15, 0.2) is 65.7 Å². The van der Waals surface area contributed by atoms with E-state index in [0.29, 0.717) is 27.8 Å². The molecule has 28 heavy (non-hydrogen) atoms. The Morgan fingerprint density at radius 2 is 1.86 bits per heavy atom. The topological polar surface area (TPSA) is 56.9 Å². The fourth-order valence-corrected chi connectivity index (χ4v) is 3.52. The van der Waals surface area contributed by atoms with Crippen LogP contribution in [0.5, 0.6) is 0 Å². The van der Waals surface area contributed by atoms with Crippen LogP contribution in [0.25, 0.3) is 16.6 Å². The van der Waals surface area contributed by atoms with Gasteiger partial charge < -0.3 is 4.57 Å². The maximum Gasteiger partial charge on any atom is 0.261 e. The Kier molecular flexibility index (Phi) is 4.39. The van der Waals surface area contributed by atoms with E-state index >= 15 is 0 Å². The largest absolute Gasteiger partial charge is 0.318 e. The monoisotopic (exact) mass is 375 g/mol. The number of nitrogens with zero attached hydrogens (tertiary/aromatic N) is 3. The molecule has 0 unspecified atom stereocenters. The van der Waals surface area contributed by atoms with Crippen LogP contribution in [-0.4, -0.2) is 19.9 Å². The second kappa shape index (κ2) is 6.88. The Labute approximate surface area is 160 Å². The summed E-state index contributed by atoms with van der Waals surface area (Å²) in [5.41, 5.74) is 3.02. The number of hydrogen-bond acceptors (Lipinski definition) is 3. The molecule has 140 valence electrons. The molecule has 6 heteroatoms. The smallest absolute Gasteiger partial charge is 0.261 e. The fraction of sp³-hybridized carbons (Fsp3) is 0.136. The van der Waals surface area contributed by atoms with Crippen molar-refractivity contribution >= 4 is 16.7 Å². The van der Waals surface area contributed by atoms with Gasteiger partial charge in [0, 0.05) is 22.6 Å². The van der Waals surface area contributed by atoms with Gasteiger partial charge in [-0.15, -0.1) is 0 Å². The molecule has 0 N–H and O–H groups in total. The molecule has 0 amide bonds. The van der Waals surface area contributed by atoms with Crippen LogP contribution < -0.4 is 5.56 Å². The number of aryl methyl sites for hydroxylation is 1. The third kappa shape index (κ3) is 3.03. The first-order valence-corrected chi connectivity index (χ1v) is 8.88. The van der Waals surface area contributed by atoms with Gasteiger partial charge in [-0.05, 0) is 50.2 Å². The first-order chi connectivity index (χ1) is 13.5. The molecule has 0 fully saturated rings. The number of aromatic nitrogens is 3. The first kappa shape index (κ1) is 17.9. The number of ketones is 1. The van der Waals surface area contributed by atoms with E-state index in [4.69, 9.17) is 0 Å². The van der Waals surface area contributed by atoms with Crippen LogP contribution in [-0.2, 0) is 6.54 Å². The highest BCUT2D eigenvalue weighted by Crippen LogP contribution is 2.22. The molecular formula is C22H18FN3O2. The van der Waals surface area contributed by atoms with E-state index in [-0.39, 0.29) is 23.7 Å². The van der Waals surface area contributed by atoms with Crippen LogP contribution in [0.4, 0.5) is 4.39 Å². The molecule has 0 aliphatic heterocycles. The molecule has 0 bridgehead atoms. The summed E-state index contributed by atoms with van der Waals surface area (Å²) in [4.78, 5) is 29.8. The van der Waals surface area contributed by atoms with Crippen molar-refractivity contribution in [1.82, 2.24) is 14.1 Å². The van der Waals surface area contributed by atoms with E-state index in [2.05, 4.69) is 4.98 Å². The van der Waals surface area contributed by atoms with E-state index in [1.807, 2.05) is 24.5 Å². The van der Waals surface area contributed by atoms with Crippen molar-refractivity contribution in [3.05, 3.63) is 94.0 Å². The third-order valence-corrected chi connectivity index (χ3v) is 4.84. The van der Waals surface area contributed by atoms with E-state index in [0.717, 1.165) is 5.69 Å². The third-order valence-electron chi connectivity index (χ3n) is 4.84. The molecule has 0 aliphatic rings. The Hall–Kier alpha value is -3.54. The molecule has 2 aromatic carbocycles. The lowest BCUT2D eigenvalue weighted by atomic mass is 10.1. The molecule has 0 aliphatic carbocycles. The van der Waals surface area contributed by atoms with Crippen molar-refractivity contribution in [1.29, 1.82) is 0 Å². The fourth-order valence-electron chi connectivity index (χ4n) is 3.52. The maximum atomic E-state index is 13.6. The highest BCUT2D eigenvalue weighted by molar-refractivity contribution is 5.97. The van der Waals surface area contributed by atoms with Gasteiger partial charge in [-0.25, -0.2) is 9.37 Å². The standard InChI is InChI=1S/C22H18FN3O2/c1-14-10-19(15(2)26(14)17-7-5-6-16(23)11-17)21(27)12-25-13-24-20-9-4-3-8-18(20)22(25)28/h3-11,13H,12H2,1-2H3. The summed E-state index contributed by atoms with van der Waals surface area (Å²) in [7, 11) is 0. The number of halogens is 1. The highest BCUT2D eigenvalue weighted by atomic mass is 19.1. The predicted octanol–water partition coefficient (Wildman–Crippen LogP) is 3.83. The lowest BCUT2D eigenvalue weighted by Gasteiger charge is -2.10. The lowest BCUT2D eigenvalue weighted by molar-refractivity contribution is 0.0970. The van der Waals surface area contributed by atoms with Gasteiger partial charge >= 0.3 is 0 Å². The molecule has 0 spiro atoms. The molecule has 0 saturated carbocycles. The second-order valence-corrected chi connectivity index (χ2v) is 6.72. The molecular weight excluding hydrogens is 357 g/mol. The number of fused-ring (bicyclic) bond motifs is 1. The summed E-state index contributed by atoms with van der Waals surface area (Å²) < 4.78 is 16.8. The summed E-state index contributed by atoms with van der Waals surface area (Å²) in [6.07, 6.45) is 1.40. The van der Waals surface area contributed by atoms with Gasteiger partial charge in [0.15, 0.2) is 5.78 Å². The van der Waals surface area contributed by atoms with Crippen molar-refractivity contribution in [2.75, 3.05) is 0 Å². The van der Waals surface area contributed by atoms with Gasteiger partial charge in [-0.1, -0.05) is 18.2 Å². The number of rotatable bonds is 4. The predicted molar refractivity (Wildman–Crippen MR) is 106 cm³/mol. The Balaban J connectivity index is 1.71. The van der Waals surface area contributed by atoms with Gasteiger partial charge in [0.2, 0.25) is 0 Å². The normalized spacial score (nSPS) is 11.1. The van der Waals surface area contributed by atoms with Crippen LogP contribution in [0.1, 0.15) is 21.7 Å². The zero-order chi connectivity index (χ0) is 19.8. The number of carbonyl (C=O) groups excluding carboxylic acids is 1. The van der Waals surface area contributed by atoms with E-state index < -0.39 is 0 Å². The van der Waals surface area contributed by atoms with Crippen LogP contribution in [0.2, 0.25) is 0 Å². The molecule has 0 atom stereocenters. The quantitative estimate of drug-likeness (QED) is 0.510. The second-order valence-electron chi connectivity index (χ2n) is 6.72. The number of benzene rings is 2. The summed E-state index contributed by atoms with van der Waals surface area (Å²) in [6.45, 7) is 3.56. The van der Waals surface area contributed by atoms with Crippen molar-refractivity contribution in [3.63, 3.8) is 0 Å². The molecule has 0 saturated heterocycles. The Morgan fingerprint density at radius 1 is 1.07 bits per heavy atom. The number of hydrogen-bond donors (Lipinski definition) is 0. The van der Waals surface area contributed by atoms with E-state index in [1.54, 1.807) is 36.4 Å². The number of Topliss-reactive ketones (excluding diaryl/α,β-unsaturated/α-hetero) is 1. The zero-order valence-electron chi connectivity index (χ0n) is 15.5. The molecule has 5 nitrogen and oxygen atoms in total. The van der Waals surface area contributed by atoms with Gasteiger partial charge in [-0.3, -0.25) is 14.2 Å². The summed E-state index contributed by atoms with van der Waals surface area (Å²) >= 11 is 0. The minimum absolute atomic E-state index is 0.107. The summed E-state index contributed by atoms with van der Waals surface area (Å²) in [5.74, 6) is -0.540. The van der Waals surface area contributed by atoms with Gasteiger partial charge in [-0.2, -0.15) is 0 Å². The van der Waals surface area contributed by atoms with Gasteiger partial charge in [0.25, 0.3) is 5.56 Å². The Morgan fingerprint density at radius 3 is 2.64 bits per heavy atom. The first-order valence-electron chi connectivity index (χ1n) is 8.88. The summed E-state index contributed by atoms with van der Waals surface area (Å²) in [6, 6.07) is 15.0. The van der Waals surface area contributed by atoms with Gasteiger partial charge in [0.1, 0.15) is 5.82 Å². The van der Waals surface area contributed by atoms with Crippen molar-refractivity contribution in [2.45, 2.75) is 20.4 Å². The van der Waals surface area contributed by atoms with E-state index in [9.17, 15) is 14.0 Å². The molecule has 4 rings (SSSR count). The van der Waals surface area contributed by atoms with Crippen LogP contribution in [0.3, 0.4) is 0 Å². The SMILES string of the molecule is Cc1cc(C(=O)Cn2cnc3ccccc3c2=O)c(C)n1-c1cccc(F)c1. The van der Waals surface area contributed by atoms with Crippen molar-refractivity contribution in [2.24, 2.45) is 0 Å².